The predicted octanol–water partition coefficient (Wildman–Crippen LogP) is -1.09. The zero-order chi connectivity index (χ0) is 13.0. The van der Waals surface area contributed by atoms with Crippen molar-refractivity contribution in [3.05, 3.63) is 0 Å². The molecule has 98 valence electrons. The molecule has 1 saturated heterocycles. The van der Waals surface area contributed by atoms with Crippen LogP contribution in [0.4, 0.5) is 0 Å². The maximum absolute atomic E-state index is 12.1. The minimum absolute atomic E-state index is 0.0924. The molecular formula is C11H21N3O3. The first kappa shape index (κ1) is 13.9. The van der Waals surface area contributed by atoms with Crippen LogP contribution in [0.25, 0.3) is 0 Å². The molecule has 0 aliphatic carbocycles. The number of morpholine rings is 1. The van der Waals surface area contributed by atoms with Gasteiger partial charge >= 0.3 is 0 Å². The number of nitrogens with zero attached hydrogens (tertiary/aromatic N) is 2. The third kappa shape index (κ3) is 3.67. The first-order chi connectivity index (χ1) is 7.93. The van der Waals surface area contributed by atoms with Crippen LogP contribution in [0.3, 0.4) is 0 Å². The van der Waals surface area contributed by atoms with E-state index in [1.165, 1.54) is 9.80 Å². The lowest BCUT2D eigenvalue weighted by atomic mass is 10.1. The standard InChI is InChI=1S/C11H21N3O3/c1-8-10(12-5-6-17-8)11(16)14(4)7-9(15)13(2)3/h8,10,12H,5-7H2,1-4H3/t8-,10+/m1/s1. The second-order valence-electron chi connectivity index (χ2n) is 4.49. The molecule has 0 bridgehead atoms. The van der Waals surface area contributed by atoms with Gasteiger partial charge in [0.05, 0.1) is 19.3 Å². The lowest BCUT2D eigenvalue weighted by molar-refractivity contribution is -0.143. The van der Waals surface area contributed by atoms with Gasteiger partial charge < -0.3 is 19.9 Å². The number of ether oxygens (including phenoxy) is 1. The van der Waals surface area contributed by atoms with Gasteiger partial charge in [-0.15, -0.1) is 0 Å². The fourth-order valence-corrected chi connectivity index (χ4v) is 1.67. The summed E-state index contributed by atoms with van der Waals surface area (Å²) in [5, 5.41) is 3.11. The van der Waals surface area contributed by atoms with E-state index in [1.54, 1.807) is 21.1 Å². The van der Waals surface area contributed by atoms with Crippen molar-refractivity contribution in [1.82, 2.24) is 15.1 Å². The van der Waals surface area contributed by atoms with Crippen molar-refractivity contribution < 1.29 is 14.3 Å². The number of carbonyl (C=O) groups is 2. The van der Waals surface area contributed by atoms with Crippen LogP contribution < -0.4 is 5.32 Å². The monoisotopic (exact) mass is 243 g/mol. The molecular weight excluding hydrogens is 222 g/mol. The third-order valence-corrected chi connectivity index (χ3v) is 2.83. The summed E-state index contributed by atoms with van der Waals surface area (Å²) in [6.07, 6.45) is -0.159. The van der Waals surface area contributed by atoms with Gasteiger partial charge in [0.25, 0.3) is 0 Å². The fraction of sp³-hybridized carbons (Fsp3) is 0.818. The van der Waals surface area contributed by atoms with E-state index in [9.17, 15) is 9.59 Å². The zero-order valence-electron chi connectivity index (χ0n) is 10.9. The van der Waals surface area contributed by atoms with Crippen molar-refractivity contribution in [3.8, 4) is 0 Å². The van der Waals surface area contributed by atoms with Crippen molar-refractivity contribution in [1.29, 1.82) is 0 Å². The second-order valence-corrected chi connectivity index (χ2v) is 4.49. The molecule has 0 aromatic rings. The Bertz CT molecular complexity index is 294. The second kappa shape index (κ2) is 5.97. The van der Waals surface area contributed by atoms with Crippen LogP contribution in [0.1, 0.15) is 6.92 Å². The number of hydrogen-bond acceptors (Lipinski definition) is 4. The molecule has 1 aliphatic heterocycles. The van der Waals surface area contributed by atoms with E-state index < -0.39 is 0 Å². The molecule has 2 amide bonds. The van der Waals surface area contributed by atoms with E-state index in [0.29, 0.717) is 13.2 Å². The van der Waals surface area contributed by atoms with Crippen LogP contribution in [0.15, 0.2) is 0 Å². The van der Waals surface area contributed by atoms with Crippen molar-refractivity contribution in [2.75, 3.05) is 40.8 Å². The predicted molar refractivity (Wildman–Crippen MR) is 63.5 cm³/mol. The Kier molecular flexibility index (Phi) is 4.89. The lowest BCUT2D eigenvalue weighted by Gasteiger charge is -2.32. The molecule has 0 aromatic carbocycles. The molecule has 0 aromatic heterocycles. The van der Waals surface area contributed by atoms with Crippen molar-refractivity contribution in [2.45, 2.75) is 19.1 Å². The molecule has 0 spiro atoms. The maximum atomic E-state index is 12.1. The van der Waals surface area contributed by atoms with Gasteiger partial charge in [-0.05, 0) is 6.92 Å². The fourth-order valence-electron chi connectivity index (χ4n) is 1.67. The number of hydrogen-bond donors (Lipinski definition) is 1. The van der Waals surface area contributed by atoms with E-state index in [-0.39, 0.29) is 30.5 Å². The summed E-state index contributed by atoms with van der Waals surface area (Å²) in [6, 6.07) is -0.358. The van der Waals surface area contributed by atoms with Gasteiger partial charge in [-0.25, -0.2) is 0 Å². The molecule has 1 aliphatic rings. The van der Waals surface area contributed by atoms with Gasteiger partial charge in [0, 0.05) is 27.7 Å². The number of nitrogens with one attached hydrogen (secondary N) is 1. The Hall–Kier alpha value is -1.14. The minimum Gasteiger partial charge on any atom is -0.375 e. The molecule has 0 unspecified atom stereocenters. The first-order valence-electron chi connectivity index (χ1n) is 5.73. The van der Waals surface area contributed by atoms with Gasteiger partial charge in [-0.1, -0.05) is 0 Å². The van der Waals surface area contributed by atoms with E-state index in [1.807, 2.05) is 6.92 Å². The Labute approximate surface area is 102 Å². The minimum atomic E-state index is -0.358. The number of likely N-dealkylation sites (N-methyl/N-ethyl adjacent to an activating group) is 2. The average Bonchev–Trinajstić information content (AvgIpc) is 2.28. The van der Waals surface area contributed by atoms with Gasteiger partial charge in [-0.2, -0.15) is 0 Å². The molecule has 6 nitrogen and oxygen atoms in total. The molecule has 0 radical (unpaired) electrons. The van der Waals surface area contributed by atoms with E-state index in [0.717, 1.165) is 0 Å². The Morgan fingerprint density at radius 2 is 2.00 bits per heavy atom. The van der Waals surface area contributed by atoms with Crippen LogP contribution >= 0.6 is 0 Å². The number of rotatable bonds is 3. The Morgan fingerprint density at radius 1 is 1.35 bits per heavy atom. The van der Waals surface area contributed by atoms with Gasteiger partial charge in [0.1, 0.15) is 6.04 Å². The molecule has 1 heterocycles. The van der Waals surface area contributed by atoms with Crippen molar-refractivity contribution in [2.24, 2.45) is 0 Å². The van der Waals surface area contributed by atoms with E-state index >= 15 is 0 Å². The normalized spacial score (nSPS) is 24.2. The highest BCUT2D eigenvalue weighted by Gasteiger charge is 2.31. The maximum Gasteiger partial charge on any atom is 0.242 e. The van der Waals surface area contributed by atoms with Crippen molar-refractivity contribution >= 4 is 11.8 Å². The molecule has 17 heavy (non-hydrogen) atoms. The molecule has 2 atom stereocenters. The Balaban J connectivity index is 2.53. The zero-order valence-corrected chi connectivity index (χ0v) is 10.9. The smallest absolute Gasteiger partial charge is 0.242 e. The summed E-state index contributed by atoms with van der Waals surface area (Å²) >= 11 is 0. The van der Waals surface area contributed by atoms with Gasteiger partial charge in [0.2, 0.25) is 11.8 Å². The largest absolute Gasteiger partial charge is 0.375 e. The molecule has 1 rings (SSSR count). The molecule has 0 saturated carbocycles. The average molecular weight is 243 g/mol. The highest BCUT2D eigenvalue weighted by atomic mass is 16.5. The molecule has 6 heteroatoms. The summed E-state index contributed by atoms with van der Waals surface area (Å²) in [4.78, 5) is 26.5. The van der Waals surface area contributed by atoms with Crippen molar-refractivity contribution in [3.63, 3.8) is 0 Å². The van der Waals surface area contributed by atoms with Crippen LogP contribution in [0.5, 0.6) is 0 Å². The summed E-state index contributed by atoms with van der Waals surface area (Å²) in [5.41, 5.74) is 0. The van der Waals surface area contributed by atoms with E-state index in [4.69, 9.17) is 4.74 Å². The van der Waals surface area contributed by atoms with Crippen LogP contribution in [-0.4, -0.2) is 74.6 Å². The van der Waals surface area contributed by atoms with Crippen LogP contribution in [0.2, 0.25) is 0 Å². The molecule has 1 N–H and O–H groups in total. The first-order valence-corrected chi connectivity index (χ1v) is 5.73. The topological polar surface area (TPSA) is 61.9 Å². The molecule has 1 fully saturated rings. The SMILES string of the molecule is C[C@H]1OCCN[C@@H]1C(=O)N(C)CC(=O)N(C)C. The highest BCUT2D eigenvalue weighted by molar-refractivity contribution is 5.87. The van der Waals surface area contributed by atoms with E-state index in [2.05, 4.69) is 5.32 Å². The summed E-state index contributed by atoms with van der Waals surface area (Å²) < 4.78 is 5.41. The quantitative estimate of drug-likeness (QED) is 0.684. The van der Waals surface area contributed by atoms with Gasteiger partial charge in [0.15, 0.2) is 0 Å². The summed E-state index contributed by atoms with van der Waals surface area (Å²) in [6.45, 7) is 3.23. The lowest BCUT2D eigenvalue weighted by Crippen LogP contribution is -2.56. The van der Waals surface area contributed by atoms with Crippen LogP contribution in [0, 0.1) is 0 Å². The van der Waals surface area contributed by atoms with Crippen LogP contribution in [-0.2, 0) is 14.3 Å². The number of carbonyl (C=O) groups excluding carboxylic acids is 2. The summed E-state index contributed by atoms with van der Waals surface area (Å²) in [5.74, 6) is -0.197. The highest BCUT2D eigenvalue weighted by Crippen LogP contribution is 2.06. The van der Waals surface area contributed by atoms with Gasteiger partial charge in [-0.3, -0.25) is 9.59 Å². The Morgan fingerprint density at radius 3 is 2.53 bits per heavy atom. The third-order valence-electron chi connectivity index (χ3n) is 2.83. The number of amides is 2. The summed E-state index contributed by atoms with van der Waals surface area (Å²) in [7, 11) is 4.98.